The lowest BCUT2D eigenvalue weighted by Crippen LogP contribution is -2.19. The van der Waals surface area contributed by atoms with Crippen LogP contribution in [0.4, 0.5) is 0 Å². The minimum absolute atomic E-state index is 0.265. The highest BCUT2D eigenvalue weighted by Crippen LogP contribution is 2.22. The minimum atomic E-state index is -0.682. The van der Waals surface area contributed by atoms with E-state index in [1.165, 1.54) is 0 Å². The fraction of sp³-hybridized carbons (Fsp3) is 0.385. The van der Waals surface area contributed by atoms with Crippen molar-refractivity contribution in [1.29, 1.82) is 0 Å². The number of Topliss-reactive ketones (excluding diaryl/α,β-unsaturated/α-hetero) is 1. The molecule has 0 spiro atoms. The van der Waals surface area contributed by atoms with Gasteiger partial charge in [-0.25, -0.2) is 4.79 Å². The molecular formula is C13H14BrClO3. The molecule has 98 valence electrons. The number of hydrogen-bond acceptors (Lipinski definition) is 3. The van der Waals surface area contributed by atoms with Gasteiger partial charge >= 0.3 is 5.97 Å². The predicted molar refractivity (Wildman–Crippen MR) is 74.7 cm³/mol. The Morgan fingerprint density at radius 1 is 1.44 bits per heavy atom. The van der Waals surface area contributed by atoms with Crippen LogP contribution in [-0.2, 0) is 10.1 Å². The Bertz CT molecular complexity index is 458. The largest absolute Gasteiger partial charge is 0.462 e. The van der Waals surface area contributed by atoms with E-state index in [0.717, 1.165) is 5.56 Å². The molecule has 0 aliphatic carbocycles. The van der Waals surface area contributed by atoms with Crippen molar-refractivity contribution in [2.45, 2.75) is 24.6 Å². The molecule has 0 aliphatic heterocycles. The van der Waals surface area contributed by atoms with Gasteiger partial charge in [-0.2, -0.15) is 0 Å². The van der Waals surface area contributed by atoms with Gasteiger partial charge in [0.25, 0.3) is 0 Å². The Balaban J connectivity index is 3.33. The molecule has 0 fully saturated rings. The van der Waals surface area contributed by atoms with Gasteiger partial charge in [0.15, 0.2) is 5.78 Å². The van der Waals surface area contributed by atoms with Gasteiger partial charge in [0.2, 0.25) is 0 Å². The molecule has 1 rings (SSSR count). The molecule has 0 saturated heterocycles. The average molecular weight is 334 g/mol. The number of rotatable bonds is 5. The molecule has 5 heteroatoms. The average Bonchev–Trinajstić information content (AvgIpc) is 2.37. The maximum Gasteiger partial charge on any atom is 0.338 e. The molecule has 1 atom stereocenters. The van der Waals surface area contributed by atoms with Crippen LogP contribution in [0.5, 0.6) is 0 Å². The van der Waals surface area contributed by atoms with Gasteiger partial charge in [0.1, 0.15) is 0 Å². The predicted octanol–water partition coefficient (Wildman–Crippen LogP) is 3.57. The van der Waals surface area contributed by atoms with Gasteiger partial charge in [0, 0.05) is 10.9 Å². The van der Waals surface area contributed by atoms with Gasteiger partial charge in [-0.1, -0.05) is 28.1 Å². The summed E-state index contributed by atoms with van der Waals surface area (Å²) >= 11 is 9.13. The van der Waals surface area contributed by atoms with E-state index in [1.54, 1.807) is 32.0 Å². The number of ketones is 1. The van der Waals surface area contributed by atoms with Crippen molar-refractivity contribution in [3.05, 3.63) is 34.9 Å². The third-order valence-corrected chi connectivity index (χ3v) is 3.20. The molecular weight excluding hydrogens is 319 g/mol. The van der Waals surface area contributed by atoms with E-state index in [-0.39, 0.29) is 18.0 Å². The summed E-state index contributed by atoms with van der Waals surface area (Å²) in [5.74, 6) is -0.768. The second-order valence-corrected chi connectivity index (χ2v) is 4.89. The summed E-state index contributed by atoms with van der Waals surface area (Å²) in [5, 5.41) is -0.205. The molecule has 1 unspecified atom stereocenters. The normalized spacial score (nSPS) is 12.0. The number of alkyl halides is 2. The van der Waals surface area contributed by atoms with Crippen molar-refractivity contribution in [1.82, 2.24) is 0 Å². The highest BCUT2D eigenvalue weighted by molar-refractivity contribution is 9.08. The molecule has 0 aliphatic rings. The second-order valence-electron chi connectivity index (χ2n) is 3.67. The van der Waals surface area contributed by atoms with Crippen LogP contribution in [-0.4, -0.2) is 23.7 Å². The Hall–Kier alpha value is -0.870. The van der Waals surface area contributed by atoms with Crippen molar-refractivity contribution in [3.63, 3.8) is 0 Å². The quantitative estimate of drug-likeness (QED) is 0.470. The van der Waals surface area contributed by atoms with E-state index in [2.05, 4.69) is 15.9 Å². The Morgan fingerprint density at radius 2 is 2.11 bits per heavy atom. The van der Waals surface area contributed by atoms with E-state index in [9.17, 15) is 9.59 Å². The first-order chi connectivity index (χ1) is 8.52. The molecule has 0 aromatic heterocycles. The highest BCUT2D eigenvalue weighted by Gasteiger charge is 2.23. The lowest BCUT2D eigenvalue weighted by Gasteiger charge is -2.12. The van der Waals surface area contributed by atoms with E-state index in [0.29, 0.717) is 10.9 Å². The van der Waals surface area contributed by atoms with E-state index in [4.69, 9.17) is 16.3 Å². The zero-order valence-corrected chi connectivity index (χ0v) is 12.5. The standard InChI is InChI=1S/C13H14BrClO3/c1-3-18-13(17)10-6-4-5-9(7-14)11(10)12(16)8(2)15/h4-6,8H,3,7H2,1-2H3. The first-order valence-corrected chi connectivity index (χ1v) is 7.12. The van der Waals surface area contributed by atoms with Crippen molar-refractivity contribution in [3.8, 4) is 0 Å². The zero-order chi connectivity index (χ0) is 13.7. The smallest absolute Gasteiger partial charge is 0.338 e. The number of hydrogen-bond donors (Lipinski definition) is 0. The Morgan fingerprint density at radius 3 is 2.61 bits per heavy atom. The number of benzene rings is 1. The minimum Gasteiger partial charge on any atom is -0.462 e. The SMILES string of the molecule is CCOC(=O)c1cccc(CBr)c1C(=O)C(C)Cl. The number of carbonyl (C=O) groups excluding carboxylic acids is 2. The molecule has 3 nitrogen and oxygen atoms in total. The topological polar surface area (TPSA) is 43.4 Å². The Kier molecular flexibility index (Phi) is 5.82. The van der Waals surface area contributed by atoms with Crippen LogP contribution in [0.3, 0.4) is 0 Å². The van der Waals surface area contributed by atoms with Gasteiger partial charge in [-0.05, 0) is 25.5 Å². The Labute approximate surface area is 120 Å². The van der Waals surface area contributed by atoms with Crippen LogP contribution in [0, 0.1) is 0 Å². The van der Waals surface area contributed by atoms with E-state index >= 15 is 0 Å². The van der Waals surface area contributed by atoms with Gasteiger partial charge in [-0.3, -0.25) is 4.79 Å². The number of carbonyl (C=O) groups is 2. The van der Waals surface area contributed by atoms with E-state index < -0.39 is 11.3 Å². The maximum absolute atomic E-state index is 12.1. The third kappa shape index (κ3) is 3.33. The maximum atomic E-state index is 12.1. The van der Waals surface area contributed by atoms with Crippen molar-refractivity contribution < 1.29 is 14.3 Å². The summed E-state index contributed by atoms with van der Waals surface area (Å²) in [6, 6.07) is 5.08. The van der Waals surface area contributed by atoms with Crippen LogP contribution < -0.4 is 0 Å². The zero-order valence-electron chi connectivity index (χ0n) is 10.2. The molecule has 1 aromatic rings. The number of ether oxygens (including phenoxy) is 1. The molecule has 0 bridgehead atoms. The molecule has 0 heterocycles. The second kappa shape index (κ2) is 6.90. The first kappa shape index (κ1) is 15.2. The third-order valence-electron chi connectivity index (χ3n) is 2.40. The summed E-state index contributed by atoms with van der Waals surface area (Å²) in [6.45, 7) is 3.57. The summed E-state index contributed by atoms with van der Waals surface area (Å²) < 4.78 is 4.95. The summed E-state index contributed by atoms with van der Waals surface area (Å²) in [7, 11) is 0. The fourth-order valence-electron chi connectivity index (χ4n) is 1.58. The van der Waals surface area contributed by atoms with Crippen LogP contribution in [0.15, 0.2) is 18.2 Å². The summed E-state index contributed by atoms with van der Waals surface area (Å²) in [4.78, 5) is 23.9. The lowest BCUT2D eigenvalue weighted by molar-refractivity contribution is 0.0523. The van der Waals surface area contributed by atoms with Crippen LogP contribution in [0.1, 0.15) is 40.1 Å². The van der Waals surface area contributed by atoms with Gasteiger partial charge < -0.3 is 4.74 Å². The number of halogens is 2. The fourth-order valence-corrected chi connectivity index (χ4v) is 2.16. The first-order valence-electron chi connectivity index (χ1n) is 5.56. The lowest BCUT2D eigenvalue weighted by atomic mass is 9.97. The van der Waals surface area contributed by atoms with Gasteiger partial charge in [0.05, 0.1) is 17.5 Å². The molecule has 0 radical (unpaired) electrons. The van der Waals surface area contributed by atoms with Crippen LogP contribution >= 0.6 is 27.5 Å². The molecule has 0 N–H and O–H groups in total. The molecule has 18 heavy (non-hydrogen) atoms. The van der Waals surface area contributed by atoms with E-state index in [1.807, 2.05) is 0 Å². The molecule has 1 aromatic carbocycles. The summed E-state index contributed by atoms with van der Waals surface area (Å²) in [6.07, 6.45) is 0. The summed E-state index contributed by atoms with van der Waals surface area (Å²) in [5.41, 5.74) is 1.35. The van der Waals surface area contributed by atoms with Crippen LogP contribution in [0.2, 0.25) is 0 Å². The van der Waals surface area contributed by atoms with Crippen molar-refractivity contribution in [2.24, 2.45) is 0 Å². The van der Waals surface area contributed by atoms with Crippen molar-refractivity contribution >= 4 is 39.3 Å². The number of esters is 1. The van der Waals surface area contributed by atoms with Crippen LogP contribution in [0.25, 0.3) is 0 Å². The molecule has 0 saturated carbocycles. The van der Waals surface area contributed by atoms with Crippen molar-refractivity contribution in [2.75, 3.05) is 6.61 Å². The van der Waals surface area contributed by atoms with Gasteiger partial charge in [-0.15, -0.1) is 11.6 Å². The molecule has 0 amide bonds. The highest BCUT2D eigenvalue weighted by atomic mass is 79.9. The monoisotopic (exact) mass is 332 g/mol.